The van der Waals surface area contributed by atoms with E-state index in [0.717, 1.165) is 22.9 Å². The predicted molar refractivity (Wildman–Crippen MR) is 172 cm³/mol. The zero-order valence-electron chi connectivity index (χ0n) is 24.4. The number of nitrogens with zero attached hydrogens (tertiary/aromatic N) is 3. The Hall–Kier alpha value is -3.73. The number of thioether (sulfide) groups is 1. The Kier molecular flexibility index (Phi) is 12.8. The molecule has 1 aliphatic heterocycles. The zero-order chi connectivity index (χ0) is 33.1. The molecule has 1 aliphatic rings. The summed E-state index contributed by atoms with van der Waals surface area (Å²) in [4.78, 5) is 20.8. The molecule has 17 heteroatoms. The van der Waals surface area contributed by atoms with Crippen LogP contribution < -0.4 is 30.8 Å². The fraction of sp³-hybridized carbons (Fsp3) is 0.276. The average Bonchev–Trinajstić information content (AvgIpc) is 3.51. The van der Waals surface area contributed by atoms with E-state index in [0.29, 0.717) is 35.4 Å². The third-order valence-corrected chi connectivity index (χ3v) is 7.28. The van der Waals surface area contributed by atoms with Gasteiger partial charge in [0.1, 0.15) is 42.2 Å². The first-order valence-electron chi connectivity index (χ1n) is 13.5. The number of aliphatic imine (C=N–C) groups is 2. The number of hydrogen-bond acceptors (Lipinski definition) is 11. The van der Waals surface area contributed by atoms with E-state index < -0.39 is 18.5 Å². The molecule has 0 bridgehead atoms. The van der Waals surface area contributed by atoms with Crippen LogP contribution in [-0.2, 0) is 20.8 Å². The molecule has 0 aliphatic carbocycles. The second-order valence-corrected chi connectivity index (χ2v) is 10.9. The van der Waals surface area contributed by atoms with Gasteiger partial charge in [-0.3, -0.25) is 10.4 Å². The molecule has 246 valence electrons. The maximum absolute atomic E-state index is 12.4. The van der Waals surface area contributed by atoms with Crippen molar-refractivity contribution in [3.63, 3.8) is 0 Å². The van der Waals surface area contributed by atoms with E-state index in [1.807, 2.05) is 24.3 Å². The number of carbonyl (C=O) groups excluding carboxylic acids is 1. The Morgan fingerprint density at radius 1 is 1.09 bits per heavy atom. The topological polar surface area (TPSA) is 118 Å². The van der Waals surface area contributed by atoms with Crippen molar-refractivity contribution in [1.82, 2.24) is 16.3 Å². The number of rotatable bonds is 13. The molecular formula is C29H29Cl2F3N6O5S. The molecule has 4 rings (SSSR count). The highest BCUT2D eigenvalue weighted by Gasteiger charge is 2.31. The lowest BCUT2D eigenvalue weighted by atomic mass is 10.1. The van der Waals surface area contributed by atoms with Crippen LogP contribution in [0.25, 0.3) is 0 Å². The summed E-state index contributed by atoms with van der Waals surface area (Å²) in [6, 6.07) is 16.2. The van der Waals surface area contributed by atoms with Crippen LogP contribution in [-0.4, -0.2) is 50.1 Å². The zero-order valence-corrected chi connectivity index (χ0v) is 26.8. The van der Waals surface area contributed by atoms with Crippen molar-refractivity contribution in [2.75, 3.05) is 31.3 Å². The largest absolute Gasteiger partial charge is 0.573 e. The van der Waals surface area contributed by atoms with Crippen LogP contribution >= 0.6 is 35.0 Å². The first-order valence-corrected chi connectivity index (χ1v) is 15.3. The smallest absolute Gasteiger partial charge is 0.497 e. The summed E-state index contributed by atoms with van der Waals surface area (Å²) in [7, 11) is 1.50. The lowest BCUT2D eigenvalue weighted by Crippen LogP contribution is -2.35. The molecule has 46 heavy (non-hydrogen) atoms. The van der Waals surface area contributed by atoms with E-state index in [4.69, 9.17) is 37.4 Å². The molecule has 0 amide bonds. The average molecular weight is 702 g/mol. The van der Waals surface area contributed by atoms with Gasteiger partial charge in [-0.15, -0.1) is 13.2 Å². The lowest BCUT2D eigenvalue weighted by Gasteiger charge is -2.19. The second kappa shape index (κ2) is 16.7. The van der Waals surface area contributed by atoms with Gasteiger partial charge >= 0.3 is 12.3 Å². The lowest BCUT2D eigenvalue weighted by molar-refractivity contribution is -0.274. The van der Waals surface area contributed by atoms with E-state index in [1.165, 1.54) is 31.4 Å². The molecule has 0 aromatic heterocycles. The van der Waals surface area contributed by atoms with E-state index in [1.54, 1.807) is 30.4 Å². The number of halogens is 5. The minimum Gasteiger partial charge on any atom is -0.497 e. The summed E-state index contributed by atoms with van der Waals surface area (Å²) in [6.45, 7) is 2.39. The summed E-state index contributed by atoms with van der Waals surface area (Å²) in [5, 5.41) is 2.47. The predicted octanol–water partition coefficient (Wildman–Crippen LogP) is 6.50. The number of hydrazine groups is 2. The third kappa shape index (κ3) is 10.7. The van der Waals surface area contributed by atoms with Crippen LogP contribution in [0.15, 0.2) is 70.6 Å². The highest BCUT2D eigenvalue weighted by Crippen LogP contribution is 2.37. The maximum Gasteiger partial charge on any atom is 0.573 e. The number of benzene rings is 3. The highest BCUT2D eigenvalue weighted by atomic mass is 35.5. The number of methoxy groups -OCH3 is 1. The molecule has 1 unspecified atom stereocenters. The van der Waals surface area contributed by atoms with Gasteiger partial charge in [-0.25, -0.2) is 20.2 Å². The first-order chi connectivity index (χ1) is 22.0. The van der Waals surface area contributed by atoms with Gasteiger partial charge in [0.2, 0.25) is 0 Å². The number of alkyl halides is 3. The molecule has 3 N–H and O–H groups in total. The van der Waals surface area contributed by atoms with E-state index in [-0.39, 0.29) is 28.3 Å². The number of carbonyl (C=O) groups is 1. The summed E-state index contributed by atoms with van der Waals surface area (Å²) >= 11 is 13.9. The van der Waals surface area contributed by atoms with Crippen LogP contribution in [0, 0.1) is 0 Å². The summed E-state index contributed by atoms with van der Waals surface area (Å²) in [6.07, 6.45) is -3.60. The van der Waals surface area contributed by atoms with Crippen molar-refractivity contribution in [1.29, 1.82) is 0 Å². The number of esters is 1. The molecule has 11 nitrogen and oxygen atoms in total. The van der Waals surface area contributed by atoms with E-state index in [2.05, 4.69) is 31.0 Å². The normalized spacial score (nSPS) is 14.8. The summed E-state index contributed by atoms with van der Waals surface area (Å²) in [5.74, 6) is -0.396. The van der Waals surface area contributed by atoms with Gasteiger partial charge in [-0.05, 0) is 54.1 Å². The first kappa shape index (κ1) is 35.1. The molecule has 3 aromatic carbocycles. The van der Waals surface area contributed by atoms with Crippen LogP contribution in [0.2, 0.25) is 10.0 Å². The van der Waals surface area contributed by atoms with Crippen LogP contribution in [0.4, 0.5) is 24.5 Å². The van der Waals surface area contributed by atoms with Crippen molar-refractivity contribution < 1.29 is 36.9 Å². The van der Waals surface area contributed by atoms with Crippen molar-refractivity contribution >= 4 is 63.8 Å². The number of hydrogen-bond donors (Lipinski definition) is 3. The molecule has 0 saturated heterocycles. The van der Waals surface area contributed by atoms with Gasteiger partial charge in [-0.1, -0.05) is 47.5 Å². The van der Waals surface area contributed by atoms with Crippen LogP contribution in [0.5, 0.6) is 11.5 Å². The minimum absolute atomic E-state index is 0.0447. The molecule has 0 radical (unpaired) electrons. The van der Waals surface area contributed by atoms with E-state index >= 15 is 0 Å². The van der Waals surface area contributed by atoms with Crippen molar-refractivity contribution in [2.45, 2.75) is 26.0 Å². The molecule has 3 aromatic rings. The molecule has 1 atom stereocenters. The maximum atomic E-state index is 12.4. The van der Waals surface area contributed by atoms with Gasteiger partial charge in [0.15, 0.2) is 5.17 Å². The SMILES string of the molecule is CCOCC(=O)OCSC(=Nc1c(Cl)cc(OC)cc1Cl)NNCc1ccc(C2N=CN(c3ccc(OC(F)(F)F)cc3)N2)cc1. The highest BCUT2D eigenvalue weighted by molar-refractivity contribution is 8.13. The standard InChI is InChI=1S/C29H29Cl2F3N6O5S/c1-3-43-15-25(41)44-17-46-28(37-26-23(30)12-22(42-2)13-24(26)31)38-36-14-18-4-6-19(7-5-18)27-35-16-40(39-27)20-8-10-21(11-9-20)45-29(32,33)34/h4-13,16,27,36,39H,3,14-15,17H2,1-2H3,(H,37,38). The van der Waals surface area contributed by atoms with Crippen molar-refractivity contribution in [3.8, 4) is 11.5 Å². The third-order valence-electron chi connectivity index (χ3n) is 6.00. The molecule has 1 heterocycles. The minimum atomic E-state index is -4.76. The van der Waals surface area contributed by atoms with Gasteiger partial charge in [-0.2, -0.15) is 5.43 Å². The van der Waals surface area contributed by atoms with Crippen LogP contribution in [0.1, 0.15) is 24.2 Å². The van der Waals surface area contributed by atoms with Gasteiger partial charge < -0.3 is 18.9 Å². The number of nitrogens with one attached hydrogen (secondary N) is 3. The van der Waals surface area contributed by atoms with Crippen LogP contribution in [0.3, 0.4) is 0 Å². The second-order valence-electron chi connectivity index (χ2n) is 9.20. The summed E-state index contributed by atoms with van der Waals surface area (Å²) in [5.41, 5.74) is 11.9. The molecule has 0 fully saturated rings. The fourth-order valence-corrected chi connectivity index (χ4v) is 4.98. The molecular weight excluding hydrogens is 672 g/mol. The quantitative estimate of drug-likeness (QED) is 0.0599. The molecule has 0 saturated carbocycles. The number of anilines is 1. The van der Waals surface area contributed by atoms with Gasteiger partial charge in [0.25, 0.3) is 0 Å². The Balaban J connectivity index is 1.33. The fourth-order valence-electron chi connectivity index (χ4n) is 3.82. The number of ether oxygens (including phenoxy) is 4. The van der Waals surface area contributed by atoms with Crippen molar-refractivity contribution in [2.24, 2.45) is 9.98 Å². The Morgan fingerprint density at radius 2 is 1.78 bits per heavy atom. The Labute approximate surface area is 277 Å². The van der Waals surface area contributed by atoms with Gasteiger partial charge in [0.05, 0.1) is 22.8 Å². The van der Waals surface area contributed by atoms with E-state index in [9.17, 15) is 18.0 Å². The molecule has 0 spiro atoms. The summed E-state index contributed by atoms with van der Waals surface area (Å²) < 4.78 is 56.7. The number of amidine groups is 1. The Morgan fingerprint density at radius 3 is 2.41 bits per heavy atom. The van der Waals surface area contributed by atoms with Crippen molar-refractivity contribution in [3.05, 3.63) is 81.8 Å². The Bertz CT molecular complexity index is 1510. The monoisotopic (exact) mass is 700 g/mol. The van der Waals surface area contributed by atoms with Gasteiger partial charge in [0, 0.05) is 25.3 Å².